The summed E-state index contributed by atoms with van der Waals surface area (Å²) in [5.74, 6) is 0.493. The lowest BCUT2D eigenvalue weighted by molar-refractivity contribution is -0.116. The molecule has 0 aliphatic carbocycles. The van der Waals surface area contributed by atoms with Gasteiger partial charge in [-0.25, -0.2) is 4.79 Å². The fraction of sp³-hybridized carbons (Fsp3) is 0.381. The molecule has 2 N–H and O–H groups in total. The van der Waals surface area contributed by atoms with Crippen molar-refractivity contribution in [2.75, 3.05) is 19.0 Å². The number of aryl methyl sites for hydroxylation is 1. The normalized spacial score (nSPS) is 13.9. The Morgan fingerprint density at radius 3 is 2.86 bits per heavy atom. The number of hydrogen-bond acceptors (Lipinski definition) is 5. The van der Waals surface area contributed by atoms with Gasteiger partial charge in [0.2, 0.25) is 5.91 Å². The quantitative estimate of drug-likeness (QED) is 0.768. The average molecular weight is 413 g/mol. The van der Waals surface area contributed by atoms with Crippen LogP contribution in [0.25, 0.3) is 0 Å². The third-order valence-electron chi connectivity index (χ3n) is 5.10. The molecular weight excluding hydrogens is 390 g/mol. The minimum atomic E-state index is -0.978. The van der Waals surface area contributed by atoms with Gasteiger partial charge in [0.1, 0.15) is 16.8 Å². The van der Waals surface area contributed by atoms with Gasteiger partial charge in [0, 0.05) is 17.8 Å². The molecule has 0 radical (unpaired) electrons. The molecule has 1 atom stereocenters. The van der Waals surface area contributed by atoms with E-state index in [0.29, 0.717) is 23.5 Å². The molecule has 0 spiro atoms. The second-order valence-corrected chi connectivity index (χ2v) is 8.28. The van der Waals surface area contributed by atoms with Crippen molar-refractivity contribution in [3.8, 4) is 11.8 Å². The van der Waals surface area contributed by atoms with E-state index in [9.17, 15) is 20.0 Å². The van der Waals surface area contributed by atoms with Gasteiger partial charge in [-0.2, -0.15) is 5.26 Å². The number of ether oxygens (including phenoxy) is 1. The first-order valence-corrected chi connectivity index (χ1v) is 10.1. The maximum Gasteiger partial charge on any atom is 0.407 e. The van der Waals surface area contributed by atoms with Crippen molar-refractivity contribution in [2.45, 2.75) is 39.2 Å². The van der Waals surface area contributed by atoms with E-state index in [4.69, 9.17) is 4.74 Å². The van der Waals surface area contributed by atoms with E-state index in [2.05, 4.69) is 11.4 Å². The molecule has 7 nitrogen and oxygen atoms in total. The lowest BCUT2D eigenvalue weighted by Crippen LogP contribution is -2.34. The van der Waals surface area contributed by atoms with E-state index in [1.807, 2.05) is 32.0 Å². The largest absolute Gasteiger partial charge is 0.496 e. The summed E-state index contributed by atoms with van der Waals surface area (Å²) >= 11 is 1.28. The van der Waals surface area contributed by atoms with Gasteiger partial charge in [-0.15, -0.1) is 11.3 Å². The third-order valence-corrected chi connectivity index (χ3v) is 6.23. The number of methoxy groups -OCH3 is 1. The van der Waals surface area contributed by atoms with E-state index in [0.717, 1.165) is 27.3 Å². The van der Waals surface area contributed by atoms with Gasteiger partial charge in [0.05, 0.1) is 19.2 Å². The number of fused-ring (bicyclic) bond motifs is 1. The van der Waals surface area contributed by atoms with E-state index >= 15 is 0 Å². The molecule has 3 rings (SSSR count). The number of carboxylic acid groups (broad SMARTS) is 1. The Morgan fingerprint density at radius 1 is 1.45 bits per heavy atom. The van der Waals surface area contributed by atoms with Gasteiger partial charge in [0.15, 0.2) is 0 Å². The van der Waals surface area contributed by atoms with Crippen LogP contribution in [0.2, 0.25) is 0 Å². The Bertz CT molecular complexity index is 993. The number of carbonyl (C=O) groups excluding carboxylic acids is 1. The number of amides is 2. The van der Waals surface area contributed by atoms with Gasteiger partial charge in [-0.05, 0) is 36.5 Å². The molecule has 0 saturated heterocycles. The summed E-state index contributed by atoms with van der Waals surface area (Å²) in [5, 5.41) is 22.1. The fourth-order valence-corrected chi connectivity index (χ4v) is 4.81. The Labute approximate surface area is 173 Å². The van der Waals surface area contributed by atoms with Crippen LogP contribution in [0.5, 0.6) is 5.75 Å². The highest BCUT2D eigenvalue weighted by Gasteiger charge is 2.27. The van der Waals surface area contributed by atoms with Gasteiger partial charge < -0.3 is 20.1 Å². The number of nitrogens with one attached hydrogen (secondary N) is 1. The number of nitrogens with zero attached hydrogens (tertiary/aromatic N) is 2. The summed E-state index contributed by atoms with van der Waals surface area (Å²) in [4.78, 5) is 26.0. The molecular formula is C21H23N3O4S. The lowest BCUT2D eigenvalue weighted by Gasteiger charge is -2.23. The second-order valence-electron chi connectivity index (χ2n) is 7.17. The van der Waals surface area contributed by atoms with Crippen molar-refractivity contribution in [1.82, 2.24) is 4.90 Å². The molecule has 1 aliphatic rings. The zero-order chi connectivity index (χ0) is 21.1. The van der Waals surface area contributed by atoms with Crippen molar-refractivity contribution in [1.29, 1.82) is 5.26 Å². The number of nitriles is 1. The van der Waals surface area contributed by atoms with E-state index < -0.39 is 6.09 Å². The van der Waals surface area contributed by atoms with Crippen LogP contribution < -0.4 is 10.1 Å². The maximum atomic E-state index is 12.7. The summed E-state index contributed by atoms with van der Waals surface area (Å²) in [6.45, 7) is 4.56. The topological polar surface area (TPSA) is 103 Å². The molecule has 0 saturated carbocycles. The van der Waals surface area contributed by atoms with Crippen LogP contribution >= 0.6 is 11.3 Å². The zero-order valence-electron chi connectivity index (χ0n) is 16.6. The predicted octanol–water partition coefficient (Wildman–Crippen LogP) is 4.11. The third kappa shape index (κ3) is 4.35. The molecule has 152 valence electrons. The van der Waals surface area contributed by atoms with Crippen LogP contribution in [0, 0.1) is 18.3 Å². The molecule has 1 unspecified atom stereocenters. The van der Waals surface area contributed by atoms with Crippen LogP contribution in [0.15, 0.2) is 18.2 Å². The summed E-state index contributed by atoms with van der Waals surface area (Å²) in [5.41, 5.74) is 3.35. The maximum absolute atomic E-state index is 12.7. The number of rotatable bonds is 5. The first-order valence-electron chi connectivity index (χ1n) is 9.31. The SMILES string of the molecule is COc1ccc(C)cc1C(C)CC(=O)Nc1sc2c(c1C#N)CCN(C(=O)O)C2. The van der Waals surface area contributed by atoms with Crippen molar-refractivity contribution < 1.29 is 19.4 Å². The molecule has 1 aliphatic heterocycles. The smallest absolute Gasteiger partial charge is 0.407 e. The molecule has 2 amide bonds. The van der Waals surface area contributed by atoms with E-state index in [-0.39, 0.29) is 24.8 Å². The van der Waals surface area contributed by atoms with Crippen LogP contribution in [0.3, 0.4) is 0 Å². The molecule has 1 aromatic heterocycles. The number of anilines is 1. The van der Waals surface area contributed by atoms with Crippen molar-refractivity contribution in [2.24, 2.45) is 0 Å². The first kappa shape index (κ1) is 20.7. The number of carbonyl (C=O) groups is 2. The van der Waals surface area contributed by atoms with E-state index in [1.54, 1.807) is 7.11 Å². The molecule has 2 heterocycles. The number of benzene rings is 1. The molecule has 8 heteroatoms. The summed E-state index contributed by atoms with van der Waals surface area (Å²) < 4.78 is 5.42. The van der Waals surface area contributed by atoms with Gasteiger partial charge >= 0.3 is 6.09 Å². The van der Waals surface area contributed by atoms with E-state index in [1.165, 1.54) is 16.2 Å². The van der Waals surface area contributed by atoms with Crippen LogP contribution in [0.4, 0.5) is 9.80 Å². The highest BCUT2D eigenvalue weighted by Crippen LogP contribution is 2.37. The van der Waals surface area contributed by atoms with Crippen LogP contribution in [-0.2, 0) is 17.8 Å². The van der Waals surface area contributed by atoms with Crippen molar-refractivity contribution in [3.05, 3.63) is 45.3 Å². The molecule has 29 heavy (non-hydrogen) atoms. The number of thiophene rings is 1. The second kappa shape index (κ2) is 8.53. The fourth-order valence-electron chi connectivity index (χ4n) is 3.58. The van der Waals surface area contributed by atoms with Crippen molar-refractivity contribution in [3.63, 3.8) is 0 Å². The molecule has 0 bridgehead atoms. The standard InChI is InChI=1S/C21H23N3O4S/c1-12-4-5-17(28-3)15(8-12)13(2)9-19(25)23-20-16(10-22)14-6-7-24(21(26)27)11-18(14)29-20/h4-5,8,13H,6-7,9,11H2,1-3H3,(H,23,25)(H,26,27). The van der Waals surface area contributed by atoms with Crippen molar-refractivity contribution >= 4 is 28.3 Å². The Balaban J connectivity index is 1.76. The minimum Gasteiger partial charge on any atom is -0.496 e. The Morgan fingerprint density at radius 2 is 2.21 bits per heavy atom. The minimum absolute atomic E-state index is 0.0625. The first-order chi connectivity index (χ1) is 13.8. The van der Waals surface area contributed by atoms with Gasteiger partial charge in [0.25, 0.3) is 0 Å². The Hall–Kier alpha value is -3.05. The molecule has 1 aromatic carbocycles. The van der Waals surface area contributed by atoms with Gasteiger partial charge in [-0.1, -0.05) is 24.6 Å². The van der Waals surface area contributed by atoms with Gasteiger partial charge in [-0.3, -0.25) is 4.79 Å². The highest BCUT2D eigenvalue weighted by molar-refractivity contribution is 7.16. The predicted molar refractivity (Wildman–Crippen MR) is 111 cm³/mol. The average Bonchev–Trinajstić information content (AvgIpc) is 3.03. The Kier molecular flexibility index (Phi) is 6.09. The lowest BCUT2D eigenvalue weighted by atomic mass is 9.95. The summed E-state index contributed by atoms with van der Waals surface area (Å²) in [6.07, 6.45) is -0.253. The zero-order valence-corrected chi connectivity index (χ0v) is 17.4. The van der Waals surface area contributed by atoms with Crippen LogP contribution in [0.1, 0.15) is 46.4 Å². The summed E-state index contributed by atoms with van der Waals surface area (Å²) in [7, 11) is 1.61. The summed E-state index contributed by atoms with van der Waals surface area (Å²) in [6, 6.07) is 8.05. The molecule has 0 fully saturated rings. The molecule has 2 aromatic rings. The van der Waals surface area contributed by atoms with Crippen LogP contribution in [-0.4, -0.2) is 35.7 Å². The monoisotopic (exact) mass is 413 g/mol. The number of hydrogen-bond donors (Lipinski definition) is 2. The highest BCUT2D eigenvalue weighted by atomic mass is 32.1.